The van der Waals surface area contributed by atoms with Gasteiger partial charge < -0.3 is 5.11 Å². The van der Waals surface area contributed by atoms with E-state index in [1.54, 1.807) is 18.2 Å². The molecule has 1 unspecified atom stereocenters. The maximum Gasteiger partial charge on any atom is 0.335 e. The number of hydrogen-bond donors (Lipinski definition) is 1. The van der Waals surface area contributed by atoms with Gasteiger partial charge in [-0.1, -0.05) is 48.6 Å². The maximum atomic E-state index is 11.2. The summed E-state index contributed by atoms with van der Waals surface area (Å²) in [5.74, 6) is -0.829. The predicted octanol–water partition coefficient (Wildman–Crippen LogP) is 3.54. The molecule has 1 aliphatic rings. The van der Waals surface area contributed by atoms with E-state index in [1.165, 1.54) is 0 Å². The number of rotatable bonds is 3. The highest BCUT2D eigenvalue weighted by molar-refractivity contribution is 5.90. The predicted molar refractivity (Wildman–Crippen MR) is 68.2 cm³/mol. The number of carboxylic acid groups (broad SMARTS) is 1. The molecular weight excluding hydrogens is 212 g/mol. The number of allylic oxidation sites excluding steroid dienone is 5. The number of benzene rings is 1. The number of carbonyl (C=O) groups is 1. The molecule has 0 heterocycles. The van der Waals surface area contributed by atoms with Crippen molar-refractivity contribution in [1.82, 2.24) is 0 Å². The van der Waals surface area contributed by atoms with Gasteiger partial charge in [0.15, 0.2) is 0 Å². The molecule has 2 nitrogen and oxygen atoms in total. The van der Waals surface area contributed by atoms with Gasteiger partial charge in [-0.05, 0) is 24.1 Å². The van der Waals surface area contributed by atoms with E-state index >= 15 is 0 Å². The molecule has 1 aromatic rings. The molecule has 0 saturated carbocycles. The van der Waals surface area contributed by atoms with E-state index in [-0.39, 0.29) is 5.92 Å². The Kier molecular flexibility index (Phi) is 2.96. The maximum absolute atomic E-state index is 11.2. The first-order valence-electron chi connectivity index (χ1n) is 5.48. The van der Waals surface area contributed by atoms with Gasteiger partial charge in [-0.3, -0.25) is 0 Å². The van der Waals surface area contributed by atoms with Crippen LogP contribution in [0.5, 0.6) is 0 Å². The van der Waals surface area contributed by atoms with E-state index < -0.39 is 5.97 Å². The molecule has 0 fully saturated rings. The van der Waals surface area contributed by atoms with Crippen LogP contribution in [0.25, 0.3) is 0 Å². The first kappa shape index (κ1) is 11.4. The minimum Gasteiger partial charge on any atom is -0.478 e. The van der Waals surface area contributed by atoms with Crippen LogP contribution in [0, 0.1) is 0 Å². The standard InChI is InChI=1S/C15H14O2/c1-3-11-8-10(2)14(9-11)12-6-4-5-7-13(12)15(16)17/h3-9,14H,1H2,2H3,(H,16,17). The molecule has 1 aromatic carbocycles. The Hall–Kier alpha value is -2.09. The van der Waals surface area contributed by atoms with Gasteiger partial charge in [0.25, 0.3) is 0 Å². The summed E-state index contributed by atoms with van der Waals surface area (Å²) in [6, 6.07) is 7.13. The zero-order chi connectivity index (χ0) is 12.4. The van der Waals surface area contributed by atoms with Crippen LogP contribution < -0.4 is 0 Å². The monoisotopic (exact) mass is 226 g/mol. The molecule has 0 aromatic heterocycles. The second-order valence-electron chi connectivity index (χ2n) is 4.13. The van der Waals surface area contributed by atoms with Crippen molar-refractivity contribution in [2.45, 2.75) is 12.8 Å². The van der Waals surface area contributed by atoms with E-state index in [9.17, 15) is 9.90 Å². The molecule has 0 aliphatic heterocycles. The van der Waals surface area contributed by atoms with E-state index in [4.69, 9.17) is 0 Å². The third-order valence-electron chi connectivity index (χ3n) is 3.01. The van der Waals surface area contributed by atoms with E-state index in [2.05, 4.69) is 6.58 Å². The molecule has 86 valence electrons. The van der Waals surface area contributed by atoms with Crippen molar-refractivity contribution in [2.75, 3.05) is 0 Å². The van der Waals surface area contributed by atoms with Crippen molar-refractivity contribution < 1.29 is 9.90 Å². The molecule has 2 heteroatoms. The summed E-state index contributed by atoms with van der Waals surface area (Å²) in [6.45, 7) is 5.74. The summed E-state index contributed by atoms with van der Waals surface area (Å²) in [5, 5.41) is 9.18. The minimum atomic E-state index is -0.881. The van der Waals surface area contributed by atoms with Gasteiger partial charge in [0.1, 0.15) is 0 Å². The molecule has 0 amide bonds. The zero-order valence-corrected chi connectivity index (χ0v) is 9.68. The third kappa shape index (κ3) is 2.07. The van der Waals surface area contributed by atoms with Crippen LogP contribution in [0.2, 0.25) is 0 Å². The summed E-state index contributed by atoms with van der Waals surface area (Å²) in [5.41, 5.74) is 3.40. The number of aromatic carboxylic acids is 1. The summed E-state index contributed by atoms with van der Waals surface area (Å²) >= 11 is 0. The second-order valence-corrected chi connectivity index (χ2v) is 4.13. The average molecular weight is 226 g/mol. The number of hydrogen-bond acceptors (Lipinski definition) is 1. The van der Waals surface area contributed by atoms with Crippen molar-refractivity contribution in [3.05, 3.63) is 71.3 Å². The Bertz CT molecular complexity index is 536. The molecular formula is C15H14O2. The SMILES string of the molecule is C=CC1=CC(c2ccccc2C(=O)O)C(C)=C1. The summed E-state index contributed by atoms with van der Waals surface area (Å²) in [4.78, 5) is 11.2. The van der Waals surface area contributed by atoms with Gasteiger partial charge in [0.05, 0.1) is 5.56 Å². The number of carboxylic acids is 1. The van der Waals surface area contributed by atoms with Crippen LogP contribution >= 0.6 is 0 Å². The van der Waals surface area contributed by atoms with E-state index in [0.717, 1.165) is 16.7 Å². The largest absolute Gasteiger partial charge is 0.478 e. The third-order valence-corrected chi connectivity index (χ3v) is 3.01. The van der Waals surface area contributed by atoms with Gasteiger partial charge in [0, 0.05) is 5.92 Å². The molecule has 17 heavy (non-hydrogen) atoms. The van der Waals surface area contributed by atoms with Gasteiger partial charge in [-0.15, -0.1) is 0 Å². The topological polar surface area (TPSA) is 37.3 Å². The van der Waals surface area contributed by atoms with Crippen molar-refractivity contribution in [3.8, 4) is 0 Å². The first-order chi connectivity index (χ1) is 8.13. The van der Waals surface area contributed by atoms with Crippen molar-refractivity contribution in [2.24, 2.45) is 0 Å². The fourth-order valence-corrected chi connectivity index (χ4v) is 2.15. The van der Waals surface area contributed by atoms with Crippen molar-refractivity contribution in [1.29, 1.82) is 0 Å². The molecule has 0 saturated heterocycles. The summed E-state index contributed by atoms with van der Waals surface area (Å²) in [6.07, 6.45) is 5.87. The molecule has 1 N–H and O–H groups in total. The van der Waals surface area contributed by atoms with Crippen molar-refractivity contribution >= 4 is 5.97 Å². The van der Waals surface area contributed by atoms with E-state index in [1.807, 2.05) is 31.2 Å². The molecule has 1 atom stereocenters. The van der Waals surface area contributed by atoms with Crippen LogP contribution in [-0.2, 0) is 0 Å². The second kappa shape index (κ2) is 4.42. The molecule has 1 aliphatic carbocycles. The Morgan fingerprint density at radius 1 is 1.41 bits per heavy atom. The lowest BCUT2D eigenvalue weighted by atomic mass is 9.91. The first-order valence-corrected chi connectivity index (χ1v) is 5.48. The average Bonchev–Trinajstić information content (AvgIpc) is 2.70. The lowest BCUT2D eigenvalue weighted by Gasteiger charge is -2.13. The van der Waals surface area contributed by atoms with Crippen LogP contribution in [0.3, 0.4) is 0 Å². The zero-order valence-electron chi connectivity index (χ0n) is 9.68. The van der Waals surface area contributed by atoms with Crippen LogP contribution in [0.4, 0.5) is 0 Å². The van der Waals surface area contributed by atoms with E-state index in [0.29, 0.717) is 5.56 Å². The fraction of sp³-hybridized carbons (Fsp3) is 0.133. The Morgan fingerprint density at radius 2 is 2.12 bits per heavy atom. The van der Waals surface area contributed by atoms with Crippen molar-refractivity contribution in [3.63, 3.8) is 0 Å². The lowest BCUT2D eigenvalue weighted by Crippen LogP contribution is -2.05. The normalized spacial score (nSPS) is 18.5. The quantitative estimate of drug-likeness (QED) is 0.855. The highest BCUT2D eigenvalue weighted by Gasteiger charge is 2.21. The Balaban J connectivity index is 2.49. The minimum absolute atomic E-state index is 0.0512. The van der Waals surface area contributed by atoms with Crippen LogP contribution in [0.15, 0.2) is 60.2 Å². The molecule has 0 bridgehead atoms. The van der Waals surface area contributed by atoms with Gasteiger partial charge >= 0.3 is 5.97 Å². The molecule has 0 spiro atoms. The fourth-order valence-electron chi connectivity index (χ4n) is 2.15. The molecule has 0 radical (unpaired) electrons. The Morgan fingerprint density at radius 3 is 2.71 bits per heavy atom. The Labute approximate surface area is 101 Å². The van der Waals surface area contributed by atoms with Crippen LogP contribution in [0.1, 0.15) is 28.8 Å². The highest BCUT2D eigenvalue weighted by Crippen LogP contribution is 2.35. The highest BCUT2D eigenvalue weighted by atomic mass is 16.4. The van der Waals surface area contributed by atoms with Gasteiger partial charge in [0.2, 0.25) is 0 Å². The smallest absolute Gasteiger partial charge is 0.335 e. The summed E-state index contributed by atoms with van der Waals surface area (Å²) in [7, 11) is 0. The van der Waals surface area contributed by atoms with Gasteiger partial charge in [-0.2, -0.15) is 0 Å². The summed E-state index contributed by atoms with van der Waals surface area (Å²) < 4.78 is 0. The van der Waals surface area contributed by atoms with Gasteiger partial charge in [-0.25, -0.2) is 4.79 Å². The lowest BCUT2D eigenvalue weighted by molar-refractivity contribution is 0.0695. The van der Waals surface area contributed by atoms with Crippen LogP contribution in [-0.4, -0.2) is 11.1 Å². The molecule has 2 rings (SSSR count).